The number of rotatable bonds is 11. The van der Waals surface area contributed by atoms with Crippen LogP contribution in [0.5, 0.6) is 0 Å². The highest BCUT2D eigenvalue weighted by molar-refractivity contribution is 5.94. The van der Waals surface area contributed by atoms with Crippen LogP contribution in [0.15, 0.2) is 127 Å². The van der Waals surface area contributed by atoms with E-state index >= 15 is 0 Å². The van der Waals surface area contributed by atoms with E-state index < -0.39 is 6.29 Å². The molecule has 5 aromatic rings. The molecule has 2 N–H and O–H groups in total. The minimum Gasteiger partial charge on any atom is -0.392 e. The number of aliphatic hydroxyl groups is 1. The van der Waals surface area contributed by atoms with Crippen LogP contribution >= 0.6 is 0 Å². The summed E-state index contributed by atoms with van der Waals surface area (Å²) in [5, 5.41) is 23.7. The highest BCUT2D eigenvalue weighted by Crippen LogP contribution is 2.39. The van der Waals surface area contributed by atoms with Crippen molar-refractivity contribution in [1.82, 2.24) is 10.2 Å². The number of amides is 1. The van der Waals surface area contributed by atoms with Gasteiger partial charge in [-0.3, -0.25) is 19.8 Å². The first-order valence-corrected chi connectivity index (χ1v) is 17.7. The van der Waals surface area contributed by atoms with E-state index in [0.717, 1.165) is 71.8 Å². The number of aliphatic hydroxyl groups excluding tert-OH is 1. The molecule has 10 heteroatoms. The topological polar surface area (TPSA) is 117 Å². The Hall–Kier alpha value is -5.39. The zero-order chi connectivity index (χ0) is 35.9. The number of carbonyl (C=O) groups excluding carboxylic acids is 1. The Labute approximate surface area is 303 Å². The molecule has 0 spiro atoms. The summed E-state index contributed by atoms with van der Waals surface area (Å²) in [6.45, 7) is 4.51. The van der Waals surface area contributed by atoms with Gasteiger partial charge >= 0.3 is 0 Å². The van der Waals surface area contributed by atoms with Crippen LogP contribution in [0.25, 0.3) is 11.1 Å². The van der Waals surface area contributed by atoms with E-state index in [0.29, 0.717) is 18.5 Å². The first-order chi connectivity index (χ1) is 25.4. The van der Waals surface area contributed by atoms with Gasteiger partial charge in [-0.2, -0.15) is 0 Å². The molecule has 2 aliphatic rings. The molecule has 10 nitrogen and oxygen atoms in total. The molecule has 7 rings (SSSR count). The van der Waals surface area contributed by atoms with Crippen LogP contribution in [-0.2, 0) is 22.6 Å². The fraction of sp³-hybridized carbons (Fsp3) is 0.262. The van der Waals surface area contributed by atoms with Gasteiger partial charge in [-0.15, -0.1) is 0 Å². The van der Waals surface area contributed by atoms with Gasteiger partial charge < -0.3 is 24.8 Å². The lowest BCUT2D eigenvalue weighted by Gasteiger charge is -2.41. The molecule has 0 unspecified atom stereocenters. The number of nitro groups is 1. The quantitative estimate of drug-likeness (QED) is 0.111. The second kappa shape index (κ2) is 16.3. The van der Waals surface area contributed by atoms with Crippen LogP contribution in [0.1, 0.15) is 51.4 Å². The molecule has 0 saturated carbocycles. The highest BCUT2D eigenvalue weighted by Gasteiger charge is 2.34. The van der Waals surface area contributed by atoms with Gasteiger partial charge in [-0.1, -0.05) is 84.9 Å². The molecule has 1 amide bonds. The van der Waals surface area contributed by atoms with Crippen LogP contribution in [0.4, 0.5) is 11.4 Å². The number of hydrogen-bond donors (Lipinski definition) is 2. The lowest BCUT2D eigenvalue weighted by atomic mass is 9.98. The first-order valence-electron chi connectivity index (χ1n) is 17.7. The van der Waals surface area contributed by atoms with E-state index in [1.165, 1.54) is 0 Å². The molecule has 0 bridgehead atoms. The van der Waals surface area contributed by atoms with Gasteiger partial charge in [-0.05, 0) is 58.1 Å². The summed E-state index contributed by atoms with van der Waals surface area (Å²) in [6.07, 6.45) is -0.116. The molecule has 0 radical (unpaired) electrons. The largest absolute Gasteiger partial charge is 0.392 e. The molecule has 2 aliphatic heterocycles. The number of benzene rings is 5. The third-order valence-electron chi connectivity index (χ3n) is 9.81. The van der Waals surface area contributed by atoms with Crippen LogP contribution in [0.2, 0.25) is 0 Å². The molecule has 0 aromatic heterocycles. The highest BCUT2D eigenvalue weighted by atomic mass is 16.7. The second-order valence-electron chi connectivity index (χ2n) is 13.3. The number of carbonyl (C=O) groups is 1. The van der Waals surface area contributed by atoms with E-state index in [2.05, 4.69) is 51.5 Å². The lowest BCUT2D eigenvalue weighted by Crippen LogP contribution is -2.49. The van der Waals surface area contributed by atoms with Crippen molar-refractivity contribution in [3.8, 4) is 11.1 Å². The Balaban J connectivity index is 1.02. The normalized spacial score (nSPS) is 19.2. The summed E-state index contributed by atoms with van der Waals surface area (Å²) < 4.78 is 13.3. The number of anilines is 1. The molecule has 2 heterocycles. The summed E-state index contributed by atoms with van der Waals surface area (Å²) in [7, 11) is 0. The van der Waals surface area contributed by atoms with Crippen molar-refractivity contribution in [1.29, 1.82) is 0 Å². The van der Waals surface area contributed by atoms with Gasteiger partial charge in [0.2, 0.25) is 0 Å². The van der Waals surface area contributed by atoms with Crippen LogP contribution < -0.4 is 10.2 Å². The van der Waals surface area contributed by atoms with Gasteiger partial charge in [0, 0.05) is 74.6 Å². The maximum Gasteiger partial charge on any atom is 0.269 e. The van der Waals surface area contributed by atoms with E-state index in [1.54, 1.807) is 24.3 Å². The smallest absolute Gasteiger partial charge is 0.269 e. The standard InChI is InChI=1S/C42H42N4O6/c47-29-30-9-11-33(12-10-30)40-26-39(28-44-21-23-45(24-22-44)37-17-19-38(20-18-37)46(49)50)51-42(52-40)35-15-13-32(14-16-35)36-8-4-5-31(25-36)27-43-41(48)34-6-2-1-3-7-34/h1-20,25,39-40,42,47H,21-24,26-29H2,(H,43,48)/t39-,40+,42+/m1/s1. The van der Waals surface area contributed by atoms with Gasteiger partial charge in [-0.25, -0.2) is 0 Å². The predicted molar refractivity (Wildman–Crippen MR) is 200 cm³/mol. The predicted octanol–water partition coefficient (Wildman–Crippen LogP) is 7.05. The maximum atomic E-state index is 12.6. The van der Waals surface area contributed by atoms with Gasteiger partial charge in [0.25, 0.3) is 11.6 Å². The number of hydrogen-bond acceptors (Lipinski definition) is 8. The van der Waals surface area contributed by atoms with Gasteiger partial charge in [0.1, 0.15) is 0 Å². The summed E-state index contributed by atoms with van der Waals surface area (Å²) in [5.74, 6) is -0.103. The molecule has 266 valence electrons. The van der Waals surface area contributed by atoms with E-state index in [-0.39, 0.29) is 35.3 Å². The molecular weight excluding hydrogens is 656 g/mol. The van der Waals surface area contributed by atoms with Crippen molar-refractivity contribution < 1.29 is 24.3 Å². The SMILES string of the molecule is O=C(NCc1cccc(-c2ccc([C@H]3O[C@@H](CN4CCN(c5ccc([N+](=O)[O-])cc5)CC4)C[C@@H](c4ccc(CO)cc4)O3)cc2)c1)c1ccccc1. The van der Waals surface area contributed by atoms with E-state index in [4.69, 9.17) is 9.47 Å². The molecular formula is C42H42N4O6. The number of piperazine rings is 1. The monoisotopic (exact) mass is 698 g/mol. The average Bonchev–Trinajstić information content (AvgIpc) is 3.20. The third-order valence-corrected chi connectivity index (χ3v) is 9.81. The zero-order valence-electron chi connectivity index (χ0n) is 28.8. The van der Waals surface area contributed by atoms with Crippen molar-refractivity contribution in [3.05, 3.63) is 165 Å². The minimum absolute atomic E-state index is 0.0103. The Morgan fingerprint density at radius 1 is 0.769 bits per heavy atom. The fourth-order valence-corrected chi connectivity index (χ4v) is 6.86. The molecule has 2 saturated heterocycles. The Morgan fingerprint density at radius 2 is 1.48 bits per heavy atom. The molecule has 2 fully saturated rings. The second-order valence-corrected chi connectivity index (χ2v) is 13.3. The van der Waals surface area contributed by atoms with Crippen molar-refractivity contribution in [2.45, 2.75) is 38.1 Å². The zero-order valence-corrected chi connectivity index (χ0v) is 28.8. The molecule has 3 atom stereocenters. The Bertz CT molecular complexity index is 1950. The summed E-state index contributed by atoms with van der Waals surface area (Å²) in [5.41, 5.74) is 7.67. The van der Waals surface area contributed by atoms with Gasteiger partial charge in [0.15, 0.2) is 6.29 Å². The van der Waals surface area contributed by atoms with Crippen LogP contribution in [0, 0.1) is 10.1 Å². The van der Waals surface area contributed by atoms with Crippen LogP contribution in [-0.4, -0.2) is 59.7 Å². The van der Waals surface area contributed by atoms with E-state index in [9.17, 15) is 20.0 Å². The maximum absolute atomic E-state index is 12.6. The summed E-state index contributed by atoms with van der Waals surface area (Å²) in [6, 6.07) is 40.3. The lowest BCUT2D eigenvalue weighted by molar-refractivity contribution is -0.384. The van der Waals surface area contributed by atoms with Crippen molar-refractivity contribution in [3.63, 3.8) is 0 Å². The number of nitrogens with zero attached hydrogens (tertiary/aromatic N) is 3. The summed E-state index contributed by atoms with van der Waals surface area (Å²) in [4.78, 5) is 27.9. The summed E-state index contributed by atoms with van der Waals surface area (Å²) >= 11 is 0. The number of nitrogens with one attached hydrogen (secondary N) is 1. The number of nitro benzene ring substituents is 1. The van der Waals surface area contributed by atoms with Gasteiger partial charge in [0.05, 0.1) is 23.7 Å². The third kappa shape index (κ3) is 8.55. The van der Waals surface area contributed by atoms with Crippen LogP contribution in [0.3, 0.4) is 0 Å². The molecule has 0 aliphatic carbocycles. The molecule has 52 heavy (non-hydrogen) atoms. The number of non-ortho nitro benzene ring substituents is 1. The number of ether oxygens (including phenoxy) is 2. The molecule has 5 aromatic carbocycles. The van der Waals surface area contributed by atoms with Crippen molar-refractivity contribution in [2.75, 3.05) is 37.6 Å². The Morgan fingerprint density at radius 3 is 2.17 bits per heavy atom. The Kier molecular flexibility index (Phi) is 11.0. The minimum atomic E-state index is -0.559. The fourth-order valence-electron chi connectivity index (χ4n) is 6.86. The van der Waals surface area contributed by atoms with Crippen molar-refractivity contribution >= 4 is 17.3 Å². The van der Waals surface area contributed by atoms with E-state index in [1.807, 2.05) is 66.7 Å². The van der Waals surface area contributed by atoms with Crippen molar-refractivity contribution in [2.24, 2.45) is 0 Å². The first kappa shape index (κ1) is 35.0. The average molecular weight is 699 g/mol.